The summed E-state index contributed by atoms with van der Waals surface area (Å²) in [7, 11) is 0. The van der Waals surface area contributed by atoms with E-state index < -0.39 is 5.92 Å². The first-order valence-electron chi connectivity index (χ1n) is 11.1. The molecular weight excluding hydrogens is 384 g/mol. The van der Waals surface area contributed by atoms with Gasteiger partial charge < -0.3 is 15.3 Å². The van der Waals surface area contributed by atoms with Gasteiger partial charge in [0.05, 0.1) is 0 Å². The normalized spacial score (nSPS) is 11.8. The zero-order chi connectivity index (χ0) is 22.9. The van der Waals surface area contributed by atoms with Gasteiger partial charge >= 0.3 is 0 Å². The number of aromatic hydroxyl groups is 3. The third-order valence-corrected chi connectivity index (χ3v) is 6.09. The molecule has 164 valence electrons. The molecule has 0 fully saturated rings. The Morgan fingerprint density at radius 3 is 0.935 bits per heavy atom. The summed E-state index contributed by atoms with van der Waals surface area (Å²) in [5.74, 6) is 0.800. The Balaban J connectivity index is 2.36. The quantitative estimate of drug-likeness (QED) is 0.367. The fourth-order valence-electron chi connectivity index (χ4n) is 3.99. The predicted octanol–water partition coefficient (Wildman–Crippen LogP) is 7.35. The molecular formula is C28H34O3. The van der Waals surface area contributed by atoms with Crippen LogP contribution in [0, 0.1) is 0 Å². The Bertz CT molecular complexity index is 927. The topological polar surface area (TPSA) is 60.7 Å². The number of benzene rings is 3. The summed E-state index contributed by atoms with van der Waals surface area (Å²) in [5, 5.41) is 32.7. The minimum atomic E-state index is -0.504. The molecule has 3 aromatic rings. The SMILES string of the molecule is CC(C)c1ccc(O)c(C(c2cc(C(C)C)ccc2O)c2cc(C(C)C)ccc2O)c1. The third kappa shape index (κ3) is 4.71. The highest BCUT2D eigenvalue weighted by Gasteiger charge is 2.27. The van der Waals surface area contributed by atoms with E-state index >= 15 is 0 Å². The van der Waals surface area contributed by atoms with Crippen molar-refractivity contribution in [2.45, 2.75) is 65.2 Å². The monoisotopic (exact) mass is 418 g/mol. The fourth-order valence-corrected chi connectivity index (χ4v) is 3.99. The van der Waals surface area contributed by atoms with Crippen molar-refractivity contribution in [3.05, 3.63) is 88.0 Å². The molecule has 0 saturated heterocycles. The lowest BCUT2D eigenvalue weighted by Gasteiger charge is -2.25. The third-order valence-electron chi connectivity index (χ3n) is 6.09. The summed E-state index contributed by atoms with van der Waals surface area (Å²) in [4.78, 5) is 0. The fraction of sp³-hybridized carbons (Fsp3) is 0.357. The van der Waals surface area contributed by atoms with Crippen molar-refractivity contribution in [2.75, 3.05) is 0 Å². The van der Waals surface area contributed by atoms with Gasteiger partial charge in [-0.05, 0) is 52.6 Å². The minimum Gasteiger partial charge on any atom is -0.508 e. The molecule has 31 heavy (non-hydrogen) atoms. The van der Waals surface area contributed by atoms with E-state index in [0.29, 0.717) is 16.7 Å². The van der Waals surface area contributed by atoms with Crippen molar-refractivity contribution in [1.82, 2.24) is 0 Å². The van der Waals surface area contributed by atoms with Gasteiger partial charge in [-0.1, -0.05) is 77.9 Å². The number of hydrogen-bond acceptors (Lipinski definition) is 3. The first-order valence-corrected chi connectivity index (χ1v) is 11.1. The summed E-state index contributed by atoms with van der Waals surface area (Å²) in [6.07, 6.45) is 0. The molecule has 0 heterocycles. The Hall–Kier alpha value is -2.94. The molecule has 0 bridgehead atoms. The molecule has 3 N–H and O–H groups in total. The van der Waals surface area contributed by atoms with Crippen LogP contribution in [0.3, 0.4) is 0 Å². The molecule has 0 saturated carbocycles. The second-order valence-electron chi connectivity index (χ2n) is 9.35. The highest BCUT2D eigenvalue weighted by atomic mass is 16.3. The van der Waals surface area contributed by atoms with Gasteiger partial charge in [0, 0.05) is 22.6 Å². The zero-order valence-corrected chi connectivity index (χ0v) is 19.3. The number of rotatable bonds is 6. The summed E-state index contributed by atoms with van der Waals surface area (Å²) >= 11 is 0. The van der Waals surface area contributed by atoms with Crippen LogP contribution in [0.25, 0.3) is 0 Å². The first-order chi connectivity index (χ1) is 14.6. The maximum absolute atomic E-state index is 10.9. The van der Waals surface area contributed by atoms with E-state index in [4.69, 9.17) is 0 Å². The van der Waals surface area contributed by atoms with Crippen LogP contribution in [-0.2, 0) is 0 Å². The second kappa shape index (κ2) is 9.05. The van der Waals surface area contributed by atoms with Crippen LogP contribution in [-0.4, -0.2) is 15.3 Å². The largest absolute Gasteiger partial charge is 0.508 e. The molecule has 0 unspecified atom stereocenters. The molecule has 0 atom stereocenters. The van der Waals surface area contributed by atoms with E-state index in [0.717, 1.165) is 16.7 Å². The molecule has 3 nitrogen and oxygen atoms in total. The molecule has 0 amide bonds. The van der Waals surface area contributed by atoms with Gasteiger partial charge in [-0.15, -0.1) is 0 Å². The lowest BCUT2D eigenvalue weighted by Crippen LogP contribution is -2.08. The van der Waals surface area contributed by atoms with E-state index in [1.807, 2.05) is 36.4 Å². The van der Waals surface area contributed by atoms with Gasteiger partial charge in [0.25, 0.3) is 0 Å². The van der Waals surface area contributed by atoms with Gasteiger partial charge in [0.1, 0.15) is 17.2 Å². The molecule has 3 aromatic carbocycles. The molecule has 0 aromatic heterocycles. The van der Waals surface area contributed by atoms with Crippen molar-refractivity contribution in [3.8, 4) is 17.2 Å². The Labute approximate surface area is 186 Å². The summed E-state index contributed by atoms with van der Waals surface area (Å²) in [6, 6.07) is 16.9. The molecule has 0 aliphatic heterocycles. The number of phenols is 3. The predicted molar refractivity (Wildman–Crippen MR) is 128 cm³/mol. The van der Waals surface area contributed by atoms with Crippen LogP contribution < -0.4 is 0 Å². The average Bonchev–Trinajstić information content (AvgIpc) is 2.71. The van der Waals surface area contributed by atoms with E-state index in [-0.39, 0.29) is 35.0 Å². The van der Waals surface area contributed by atoms with Gasteiger partial charge in [0.15, 0.2) is 0 Å². The highest BCUT2D eigenvalue weighted by molar-refractivity contribution is 5.58. The lowest BCUT2D eigenvalue weighted by molar-refractivity contribution is 0.450. The molecule has 3 heteroatoms. The molecule has 0 aliphatic carbocycles. The summed E-state index contributed by atoms with van der Waals surface area (Å²) in [5.41, 5.74) is 5.32. The van der Waals surface area contributed by atoms with Gasteiger partial charge in [-0.3, -0.25) is 0 Å². The molecule has 0 spiro atoms. The maximum Gasteiger partial charge on any atom is 0.119 e. The highest BCUT2D eigenvalue weighted by Crippen LogP contribution is 2.45. The molecule has 3 rings (SSSR count). The minimum absolute atomic E-state index is 0.151. The average molecular weight is 419 g/mol. The van der Waals surface area contributed by atoms with E-state index in [1.165, 1.54) is 0 Å². The van der Waals surface area contributed by atoms with Crippen LogP contribution in [0.5, 0.6) is 17.2 Å². The van der Waals surface area contributed by atoms with Crippen molar-refractivity contribution >= 4 is 0 Å². The van der Waals surface area contributed by atoms with Crippen molar-refractivity contribution in [3.63, 3.8) is 0 Å². The van der Waals surface area contributed by atoms with E-state index in [1.54, 1.807) is 18.2 Å². The van der Waals surface area contributed by atoms with E-state index in [9.17, 15) is 15.3 Å². The lowest BCUT2D eigenvalue weighted by atomic mass is 9.80. The van der Waals surface area contributed by atoms with Crippen LogP contribution in [0.2, 0.25) is 0 Å². The maximum atomic E-state index is 10.9. The number of phenolic OH excluding ortho intramolecular Hbond substituents is 3. The van der Waals surface area contributed by atoms with Gasteiger partial charge in [-0.2, -0.15) is 0 Å². The Morgan fingerprint density at radius 2 is 0.710 bits per heavy atom. The number of hydrogen-bond donors (Lipinski definition) is 3. The Morgan fingerprint density at radius 1 is 0.452 bits per heavy atom. The van der Waals surface area contributed by atoms with Gasteiger partial charge in [0.2, 0.25) is 0 Å². The van der Waals surface area contributed by atoms with Crippen LogP contribution >= 0.6 is 0 Å². The second-order valence-corrected chi connectivity index (χ2v) is 9.35. The van der Waals surface area contributed by atoms with Crippen molar-refractivity contribution in [1.29, 1.82) is 0 Å². The van der Waals surface area contributed by atoms with Crippen molar-refractivity contribution in [2.24, 2.45) is 0 Å². The van der Waals surface area contributed by atoms with E-state index in [2.05, 4.69) is 41.5 Å². The first kappa shape index (κ1) is 22.7. The van der Waals surface area contributed by atoms with Gasteiger partial charge in [-0.25, -0.2) is 0 Å². The van der Waals surface area contributed by atoms with Crippen LogP contribution in [0.4, 0.5) is 0 Å². The standard InChI is InChI=1S/C28H34O3/c1-16(2)19-7-10-25(29)22(13-19)28(23-14-20(17(3)4)8-11-26(23)30)24-15-21(18(5)6)9-12-27(24)31/h7-18,28-31H,1-6H3. The summed E-state index contributed by atoms with van der Waals surface area (Å²) < 4.78 is 0. The smallest absolute Gasteiger partial charge is 0.119 e. The summed E-state index contributed by atoms with van der Waals surface area (Å²) in [6.45, 7) is 12.7. The van der Waals surface area contributed by atoms with Crippen LogP contribution in [0.1, 0.15) is 98.6 Å². The molecule has 0 radical (unpaired) electrons. The van der Waals surface area contributed by atoms with Crippen LogP contribution in [0.15, 0.2) is 54.6 Å². The zero-order valence-electron chi connectivity index (χ0n) is 19.3. The Kier molecular flexibility index (Phi) is 6.64. The molecule has 0 aliphatic rings. The van der Waals surface area contributed by atoms with Crippen molar-refractivity contribution < 1.29 is 15.3 Å².